The summed E-state index contributed by atoms with van der Waals surface area (Å²) in [6.07, 6.45) is 2.59. The second kappa shape index (κ2) is 10.1. The summed E-state index contributed by atoms with van der Waals surface area (Å²) in [5, 5.41) is 6.19. The number of nitrogens with one attached hydrogen (secondary N) is 2. The molecule has 0 aromatic carbocycles. The van der Waals surface area contributed by atoms with Crippen molar-refractivity contribution < 1.29 is 21.6 Å². The molecule has 1 saturated heterocycles. The molecule has 1 fully saturated rings. The van der Waals surface area contributed by atoms with Crippen LogP contribution >= 0.6 is 35.7 Å². The summed E-state index contributed by atoms with van der Waals surface area (Å²) in [4.78, 5) is 4.03. The molecule has 0 atom stereocenters. The van der Waals surface area contributed by atoms with Crippen molar-refractivity contribution in [2.75, 3.05) is 38.7 Å². The standard InChI is InChI=1S/C11H21F3N4O2S2.HI/c1-15-10(16-5-8-21-2)17-9-3-6-18(7-4-9)22(19,20)11(12,13)14;/h9H,3-8H2,1-2H3,(H2,15,16,17);1H. The van der Waals surface area contributed by atoms with Crippen molar-refractivity contribution in [1.82, 2.24) is 14.9 Å². The second-order valence-electron chi connectivity index (χ2n) is 4.76. The highest BCUT2D eigenvalue weighted by molar-refractivity contribution is 14.0. The van der Waals surface area contributed by atoms with Crippen molar-refractivity contribution in [3.05, 3.63) is 0 Å². The summed E-state index contributed by atoms with van der Waals surface area (Å²) >= 11 is 1.68. The van der Waals surface area contributed by atoms with Crippen molar-refractivity contribution in [3.63, 3.8) is 0 Å². The molecule has 0 amide bonds. The summed E-state index contributed by atoms with van der Waals surface area (Å²) in [5.74, 6) is 1.48. The predicted molar refractivity (Wildman–Crippen MR) is 97.9 cm³/mol. The van der Waals surface area contributed by atoms with Gasteiger partial charge in [-0.25, -0.2) is 8.42 Å². The molecule has 2 N–H and O–H groups in total. The Labute approximate surface area is 156 Å². The highest BCUT2D eigenvalue weighted by Crippen LogP contribution is 2.28. The van der Waals surface area contributed by atoms with Gasteiger partial charge in [-0.3, -0.25) is 4.99 Å². The fourth-order valence-corrected chi connectivity index (χ4v) is 3.34. The zero-order valence-corrected chi connectivity index (χ0v) is 16.9. The van der Waals surface area contributed by atoms with E-state index in [1.54, 1.807) is 18.8 Å². The van der Waals surface area contributed by atoms with Crippen LogP contribution in [-0.2, 0) is 10.0 Å². The summed E-state index contributed by atoms with van der Waals surface area (Å²) in [5.41, 5.74) is -5.23. The average molecular weight is 490 g/mol. The number of alkyl halides is 3. The van der Waals surface area contributed by atoms with E-state index in [9.17, 15) is 21.6 Å². The van der Waals surface area contributed by atoms with Crippen LogP contribution in [0.1, 0.15) is 12.8 Å². The molecule has 0 aromatic heterocycles. The molecule has 6 nitrogen and oxygen atoms in total. The van der Waals surface area contributed by atoms with Gasteiger partial charge in [0.1, 0.15) is 0 Å². The van der Waals surface area contributed by atoms with E-state index >= 15 is 0 Å². The fraction of sp³-hybridized carbons (Fsp3) is 0.909. The van der Waals surface area contributed by atoms with Crippen molar-refractivity contribution >= 4 is 51.7 Å². The second-order valence-corrected chi connectivity index (χ2v) is 7.68. The molecule has 23 heavy (non-hydrogen) atoms. The summed E-state index contributed by atoms with van der Waals surface area (Å²) in [6, 6.07) is -0.0971. The molecule has 0 aliphatic carbocycles. The van der Waals surface area contributed by atoms with Gasteiger partial charge in [-0.15, -0.1) is 24.0 Å². The number of halogens is 4. The zero-order valence-electron chi connectivity index (χ0n) is 12.9. The first-order valence-electron chi connectivity index (χ1n) is 6.75. The lowest BCUT2D eigenvalue weighted by Gasteiger charge is -2.32. The van der Waals surface area contributed by atoms with Crippen LogP contribution in [0.5, 0.6) is 0 Å². The number of sulfonamides is 1. The quantitative estimate of drug-likeness (QED) is 0.264. The number of thioether (sulfide) groups is 1. The molecule has 1 rings (SSSR count). The van der Waals surface area contributed by atoms with Crippen molar-refractivity contribution in [2.24, 2.45) is 4.99 Å². The van der Waals surface area contributed by atoms with Crippen LogP contribution in [0, 0.1) is 0 Å². The van der Waals surface area contributed by atoms with Crippen LogP contribution in [-0.4, -0.2) is 68.9 Å². The normalized spacial score (nSPS) is 18.4. The Morgan fingerprint density at radius 1 is 1.35 bits per heavy atom. The molecule has 1 heterocycles. The van der Waals surface area contributed by atoms with Crippen LogP contribution in [0.2, 0.25) is 0 Å². The maximum atomic E-state index is 12.5. The molecule has 138 valence electrons. The Morgan fingerprint density at radius 2 is 1.91 bits per heavy atom. The summed E-state index contributed by atoms with van der Waals surface area (Å²) in [7, 11) is -3.61. The van der Waals surface area contributed by atoms with Crippen LogP contribution in [0.4, 0.5) is 13.2 Å². The minimum absolute atomic E-state index is 0. The Hall–Kier alpha value is 0.0500. The van der Waals surface area contributed by atoms with E-state index in [-0.39, 0.29) is 43.1 Å². The van der Waals surface area contributed by atoms with E-state index in [0.717, 1.165) is 12.3 Å². The van der Waals surface area contributed by atoms with Gasteiger partial charge in [0.05, 0.1) is 0 Å². The molecule has 12 heteroatoms. The largest absolute Gasteiger partial charge is 0.511 e. The molecule has 0 radical (unpaired) electrons. The number of hydrogen-bond acceptors (Lipinski definition) is 4. The third kappa shape index (κ3) is 6.82. The monoisotopic (exact) mass is 490 g/mol. The van der Waals surface area contributed by atoms with E-state index < -0.39 is 15.5 Å². The van der Waals surface area contributed by atoms with Crippen LogP contribution in [0.3, 0.4) is 0 Å². The Morgan fingerprint density at radius 3 is 2.35 bits per heavy atom. The van der Waals surface area contributed by atoms with Gasteiger partial charge in [0.15, 0.2) is 5.96 Å². The Kier molecular flexibility index (Phi) is 10.2. The van der Waals surface area contributed by atoms with E-state index in [1.807, 2.05) is 6.26 Å². The molecule has 0 aromatic rings. The van der Waals surface area contributed by atoms with Crippen LogP contribution in [0.25, 0.3) is 0 Å². The van der Waals surface area contributed by atoms with Gasteiger partial charge in [-0.1, -0.05) is 0 Å². The lowest BCUT2D eigenvalue weighted by Crippen LogP contribution is -2.51. The Bertz CT molecular complexity index is 480. The third-order valence-corrected chi connectivity index (χ3v) is 5.49. The molecular formula is C11H22F3IN4O2S2. The number of guanidine groups is 1. The number of aliphatic imine (C=N–C) groups is 1. The lowest BCUT2D eigenvalue weighted by molar-refractivity contribution is -0.0494. The smallest absolute Gasteiger partial charge is 0.356 e. The summed E-state index contributed by atoms with van der Waals surface area (Å²) < 4.78 is 60.5. The van der Waals surface area contributed by atoms with Gasteiger partial charge >= 0.3 is 15.5 Å². The molecule has 0 bridgehead atoms. The highest BCUT2D eigenvalue weighted by Gasteiger charge is 2.50. The third-order valence-electron chi connectivity index (χ3n) is 3.25. The number of hydrogen-bond donors (Lipinski definition) is 2. The van der Waals surface area contributed by atoms with E-state index in [1.165, 1.54) is 0 Å². The number of nitrogens with zero attached hydrogens (tertiary/aromatic N) is 2. The number of rotatable bonds is 5. The molecule has 0 unspecified atom stereocenters. The fourth-order valence-electron chi connectivity index (χ4n) is 2.05. The van der Waals surface area contributed by atoms with Crippen molar-refractivity contribution in [3.8, 4) is 0 Å². The average Bonchev–Trinajstić information content (AvgIpc) is 2.45. The van der Waals surface area contributed by atoms with Crippen LogP contribution < -0.4 is 10.6 Å². The Balaban J connectivity index is 0.00000484. The van der Waals surface area contributed by atoms with Crippen molar-refractivity contribution in [1.29, 1.82) is 0 Å². The molecular weight excluding hydrogens is 468 g/mol. The summed E-state index contributed by atoms with van der Waals surface area (Å²) in [6.45, 7) is 0.421. The van der Waals surface area contributed by atoms with Crippen LogP contribution in [0.15, 0.2) is 4.99 Å². The maximum Gasteiger partial charge on any atom is 0.511 e. The first kappa shape index (κ1) is 23.1. The highest BCUT2D eigenvalue weighted by atomic mass is 127. The van der Waals surface area contributed by atoms with Gasteiger partial charge in [0.2, 0.25) is 0 Å². The van der Waals surface area contributed by atoms with Gasteiger partial charge in [-0.05, 0) is 19.1 Å². The number of piperidine rings is 1. The SMILES string of the molecule is CN=C(NCCSC)NC1CCN(S(=O)(=O)C(F)(F)F)CC1.I. The topological polar surface area (TPSA) is 73.8 Å². The first-order chi connectivity index (χ1) is 10.2. The van der Waals surface area contributed by atoms with E-state index in [0.29, 0.717) is 23.1 Å². The minimum atomic E-state index is -5.23. The van der Waals surface area contributed by atoms with Gasteiger partial charge in [0, 0.05) is 38.5 Å². The van der Waals surface area contributed by atoms with E-state index in [4.69, 9.17) is 0 Å². The molecule has 1 aliphatic rings. The molecule has 0 spiro atoms. The van der Waals surface area contributed by atoms with Gasteiger partial charge in [-0.2, -0.15) is 29.2 Å². The maximum absolute atomic E-state index is 12.5. The van der Waals surface area contributed by atoms with Crippen molar-refractivity contribution in [2.45, 2.75) is 24.4 Å². The van der Waals surface area contributed by atoms with Gasteiger partial charge in [0.25, 0.3) is 0 Å². The zero-order chi connectivity index (χ0) is 16.8. The van der Waals surface area contributed by atoms with E-state index in [2.05, 4.69) is 15.6 Å². The lowest BCUT2D eigenvalue weighted by atomic mass is 10.1. The minimum Gasteiger partial charge on any atom is -0.356 e. The van der Waals surface area contributed by atoms with Gasteiger partial charge < -0.3 is 10.6 Å². The molecule has 1 aliphatic heterocycles. The predicted octanol–water partition coefficient (Wildman–Crippen LogP) is 1.45. The first-order valence-corrected chi connectivity index (χ1v) is 9.58. The molecule has 0 saturated carbocycles.